The van der Waals surface area contributed by atoms with E-state index < -0.39 is 27.4 Å². The quantitative estimate of drug-likeness (QED) is 0.0642. The third-order valence-corrected chi connectivity index (χ3v) is 7.33. The summed E-state index contributed by atoms with van der Waals surface area (Å²) < 4.78 is 9.74. The highest BCUT2D eigenvalue weighted by Gasteiger charge is 2.21. The Bertz CT molecular complexity index is 2120. The Balaban J connectivity index is 0.000000219. The van der Waals surface area contributed by atoms with Crippen molar-refractivity contribution in [1.29, 1.82) is 0 Å². The molecule has 6 aromatic rings. The first-order chi connectivity index (χ1) is 25.9. The first-order valence-corrected chi connectivity index (χ1v) is 17.2. The number of amides is 2. The average molecular weight is 792 g/mol. The molecule has 0 spiro atoms. The second kappa shape index (κ2) is 19.8. The molecule has 0 saturated heterocycles. The Labute approximate surface area is 323 Å². The molecule has 0 radical (unpaired) electrons. The van der Waals surface area contributed by atoms with Crippen molar-refractivity contribution < 1.29 is 28.8 Å². The monoisotopic (exact) mass is 790 g/mol. The van der Waals surface area contributed by atoms with E-state index in [1.165, 1.54) is 12.1 Å². The maximum Gasteiger partial charge on any atom is 0.351 e. The first kappa shape index (κ1) is 40.9. The van der Waals surface area contributed by atoms with Crippen LogP contribution in [0.2, 0.25) is 0 Å². The van der Waals surface area contributed by atoms with Gasteiger partial charge in [0.15, 0.2) is 15.4 Å². The van der Waals surface area contributed by atoms with Crippen molar-refractivity contribution in [3.05, 3.63) is 164 Å². The van der Waals surface area contributed by atoms with E-state index in [4.69, 9.17) is 43.6 Å². The number of alkyl halides is 3. The van der Waals surface area contributed by atoms with E-state index >= 15 is 0 Å². The maximum atomic E-state index is 12.4. The van der Waals surface area contributed by atoms with Gasteiger partial charge in [0.1, 0.15) is 11.5 Å². The fourth-order valence-corrected chi connectivity index (χ4v) is 4.74. The fraction of sp³-hybridized carbons (Fsp3) is 0.0769. The molecule has 278 valence electrons. The van der Waals surface area contributed by atoms with Crippen molar-refractivity contribution in [2.75, 3.05) is 21.6 Å². The molecule has 12 nitrogen and oxygen atoms in total. The summed E-state index contributed by atoms with van der Waals surface area (Å²) in [6.07, 6.45) is 0. The van der Waals surface area contributed by atoms with Gasteiger partial charge in [-0.15, -0.1) is 0 Å². The van der Waals surface area contributed by atoms with Crippen LogP contribution in [0.15, 0.2) is 140 Å². The van der Waals surface area contributed by atoms with Crippen LogP contribution in [-0.4, -0.2) is 26.5 Å². The molecule has 0 unspecified atom stereocenters. The minimum absolute atomic E-state index is 0.0280. The third-order valence-electron chi connectivity index (χ3n) is 7.33. The highest BCUT2D eigenvalue weighted by atomic mass is 35.6. The molecule has 0 bridgehead atoms. The van der Waals surface area contributed by atoms with Crippen molar-refractivity contribution in [2.24, 2.45) is 0 Å². The molecular formula is C39H33Cl3N4O8. The molecular weight excluding hydrogens is 759 g/mol. The normalized spacial score (nSPS) is 10.2. The Morgan fingerprint density at radius 2 is 0.870 bits per heavy atom. The van der Waals surface area contributed by atoms with Gasteiger partial charge >= 0.3 is 11.3 Å². The largest absolute Gasteiger partial charge is 0.422 e. The molecule has 0 atom stereocenters. The molecule has 6 rings (SSSR count). The van der Waals surface area contributed by atoms with Gasteiger partial charge in [-0.2, -0.15) is 0 Å². The van der Waals surface area contributed by atoms with Gasteiger partial charge in [0.2, 0.25) is 0 Å². The summed E-state index contributed by atoms with van der Waals surface area (Å²) in [5.41, 5.74) is 5.91. The first-order valence-electron chi connectivity index (χ1n) is 15.9. The van der Waals surface area contributed by atoms with E-state index in [-0.39, 0.29) is 34.0 Å². The Morgan fingerprint density at radius 1 is 0.556 bits per heavy atom. The van der Waals surface area contributed by atoms with Crippen molar-refractivity contribution in [3.63, 3.8) is 0 Å². The van der Waals surface area contributed by atoms with Crippen LogP contribution in [0.25, 0.3) is 22.6 Å². The van der Waals surface area contributed by atoms with Crippen LogP contribution in [0.3, 0.4) is 0 Å². The smallest absolute Gasteiger partial charge is 0.351 e. The Morgan fingerprint density at radius 3 is 1.17 bits per heavy atom. The second-order valence-electron chi connectivity index (χ2n) is 11.2. The zero-order chi connectivity index (χ0) is 39.2. The highest BCUT2D eigenvalue weighted by molar-refractivity contribution is 6.63. The lowest BCUT2D eigenvalue weighted by atomic mass is 10.1. The number of hydrogen-bond donors (Lipinski definition) is 6. The summed E-state index contributed by atoms with van der Waals surface area (Å²) in [6.45, 7) is 3.85. The predicted octanol–water partition coefficient (Wildman–Crippen LogP) is 9.32. The van der Waals surface area contributed by atoms with Gasteiger partial charge in [-0.05, 0) is 38.1 Å². The molecule has 4 aromatic carbocycles. The molecule has 0 saturated carbocycles. The van der Waals surface area contributed by atoms with Crippen molar-refractivity contribution in [1.82, 2.24) is 0 Å². The lowest BCUT2D eigenvalue weighted by Gasteiger charge is -2.10. The maximum absolute atomic E-state index is 12.4. The summed E-state index contributed by atoms with van der Waals surface area (Å²) in [5, 5.41) is 23.9. The summed E-state index contributed by atoms with van der Waals surface area (Å²) >= 11 is 14.4. The molecule has 6 N–H and O–H groups in total. The molecule has 54 heavy (non-hydrogen) atoms. The van der Waals surface area contributed by atoms with Crippen LogP contribution in [0.4, 0.5) is 22.7 Å². The summed E-state index contributed by atoms with van der Waals surface area (Å²) in [6, 6.07) is 34.9. The van der Waals surface area contributed by atoms with Gasteiger partial charge in [0.25, 0.3) is 11.8 Å². The lowest BCUT2D eigenvalue weighted by molar-refractivity contribution is 0.101. The van der Waals surface area contributed by atoms with Crippen molar-refractivity contribution in [3.8, 4) is 22.6 Å². The minimum Gasteiger partial charge on any atom is -0.422 e. The van der Waals surface area contributed by atoms with Crippen LogP contribution in [0.5, 0.6) is 0 Å². The van der Waals surface area contributed by atoms with E-state index in [0.717, 1.165) is 11.1 Å². The van der Waals surface area contributed by atoms with E-state index in [2.05, 4.69) is 10.6 Å². The molecule has 15 heteroatoms. The van der Waals surface area contributed by atoms with E-state index in [1.54, 1.807) is 72.8 Å². The van der Waals surface area contributed by atoms with E-state index in [0.29, 0.717) is 22.5 Å². The van der Waals surface area contributed by atoms with Crippen LogP contribution in [0, 0.1) is 13.8 Å². The van der Waals surface area contributed by atoms with Gasteiger partial charge < -0.3 is 19.5 Å². The second-order valence-corrected chi connectivity index (χ2v) is 13.2. The van der Waals surface area contributed by atoms with Gasteiger partial charge in [0.05, 0.1) is 11.4 Å². The van der Waals surface area contributed by atoms with E-state index in [9.17, 15) is 29.6 Å². The number of rotatable bonds is 8. The molecule has 2 heterocycles. The molecule has 2 aromatic heterocycles. The van der Waals surface area contributed by atoms with Crippen LogP contribution in [-0.2, 0) is 0 Å². The highest BCUT2D eigenvalue weighted by Crippen LogP contribution is 2.25. The Hall–Kier alpha value is -5.89. The minimum atomic E-state index is -0.845. The number of halogens is 3. The van der Waals surface area contributed by atoms with Crippen molar-refractivity contribution in [2.45, 2.75) is 18.1 Å². The number of aryl methyl sites for hydroxylation is 2. The number of benzene rings is 4. The third kappa shape index (κ3) is 11.6. The van der Waals surface area contributed by atoms with Crippen LogP contribution >= 0.6 is 34.8 Å². The zero-order valence-electron chi connectivity index (χ0n) is 28.6. The molecule has 2 amide bonds. The number of anilines is 4. The zero-order valence-corrected chi connectivity index (χ0v) is 30.9. The number of hydrogen-bond acceptors (Lipinski definition) is 10. The standard InChI is InChI=1S/2C19H16N2O4.CHCl3/c2*1-12-7-9-14(10-8-12)20-18(22)17-15(21-24)11-16(25-19(17)23)13-5-3-2-4-6-13;2-1(3)4/h2*2-11,21,24H,1H3,(H,20,22);1H. The van der Waals surface area contributed by atoms with Crippen molar-refractivity contribution >= 4 is 69.4 Å². The van der Waals surface area contributed by atoms with Gasteiger partial charge in [-0.25, -0.2) is 9.59 Å². The van der Waals surface area contributed by atoms with Gasteiger partial charge in [-0.1, -0.05) is 131 Å². The summed E-state index contributed by atoms with van der Waals surface area (Å²) in [5.74, 6) is -0.856. The van der Waals surface area contributed by atoms with E-state index in [1.807, 2.05) is 61.2 Å². The lowest BCUT2D eigenvalue weighted by Crippen LogP contribution is -2.23. The SMILES string of the molecule is Cc1ccc(NC(=O)c2c(NO)cc(-c3ccccc3)oc2=O)cc1.Cc1ccc(NC(=O)c2c(NO)cc(-c3ccccc3)oc2=O)cc1.ClC(Cl)Cl. The predicted molar refractivity (Wildman–Crippen MR) is 211 cm³/mol. The molecule has 0 aliphatic heterocycles. The number of carbonyl (C=O) groups excluding carboxylic acids is 2. The summed E-state index contributed by atoms with van der Waals surface area (Å²) in [7, 11) is 0. The van der Waals surface area contributed by atoms with Gasteiger partial charge in [-0.3, -0.25) is 31.0 Å². The van der Waals surface area contributed by atoms with Gasteiger partial charge in [0, 0.05) is 34.6 Å². The molecule has 0 fully saturated rings. The average Bonchev–Trinajstić information content (AvgIpc) is 3.16. The van der Waals surface area contributed by atoms with Crippen LogP contribution in [0.1, 0.15) is 31.8 Å². The number of carbonyl (C=O) groups is 2. The van der Waals surface area contributed by atoms with Crippen LogP contribution < -0.4 is 32.8 Å². The Kier molecular flexibility index (Phi) is 15.0. The topological polar surface area (TPSA) is 183 Å². The fourth-order valence-electron chi connectivity index (χ4n) is 4.74. The summed E-state index contributed by atoms with van der Waals surface area (Å²) in [4.78, 5) is 49.5. The molecule has 0 aliphatic rings. The number of nitrogens with one attached hydrogen (secondary N) is 4. The molecule has 0 aliphatic carbocycles.